The molecule has 2 bridgehead atoms. The van der Waals surface area contributed by atoms with Gasteiger partial charge in [0.25, 0.3) is 5.91 Å². The van der Waals surface area contributed by atoms with Crippen LogP contribution in [-0.4, -0.2) is 48.0 Å². The summed E-state index contributed by atoms with van der Waals surface area (Å²) < 4.78 is 15.5. The second-order valence-corrected chi connectivity index (χ2v) is 8.47. The van der Waals surface area contributed by atoms with Crippen molar-refractivity contribution in [2.24, 2.45) is 23.7 Å². The molecule has 8 nitrogen and oxygen atoms in total. The number of fused-ring (bicyclic) bond motifs is 1. The number of hydrogen-bond donors (Lipinski definition) is 1. The summed E-state index contributed by atoms with van der Waals surface area (Å²) in [5.74, 6) is -2.86. The van der Waals surface area contributed by atoms with Crippen molar-refractivity contribution in [1.82, 2.24) is 0 Å². The van der Waals surface area contributed by atoms with E-state index in [1.807, 2.05) is 0 Å². The van der Waals surface area contributed by atoms with Crippen LogP contribution in [0.4, 0.5) is 5.69 Å². The summed E-state index contributed by atoms with van der Waals surface area (Å²) in [5.41, 5.74) is 0.834. The number of ether oxygens (including phenoxy) is 3. The Morgan fingerprint density at radius 2 is 1.90 bits per heavy atom. The minimum Gasteiger partial charge on any atom is -0.462 e. The van der Waals surface area contributed by atoms with E-state index in [2.05, 4.69) is 21.2 Å². The molecule has 1 N–H and O–H groups in total. The first-order valence-corrected chi connectivity index (χ1v) is 10.4. The Morgan fingerprint density at radius 3 is 2.59 bits per heavy atom. The predicted molar refractivity (Wildman–Crippen MR) is 103 cm³/mol. The smallest absolute Gasteiger partial charge is 0.338 e. The molecule has 3 aliphatic rings. The van der Waals surface area contributed by atoms with Crippen LogP contribution in [0.1, 0.15) is 23.7 Å². The highest BCUT2D eigenvalue weighted by Crippen LogP contribution is 2.60. The Bertz CT molecular complexity index is 855. The van der Waals surface area contributed by atoms with E-state index in [9.17, 15) is 19.2 Å². The Balaban J connectivity index is 1.30. The highest BCUT2D eigenvalue weighted by molar-refractivity contribution is 9.09. The molecule has 1 aromatic carbocycles. The molecule has 29 heavy (non-hydrogen) atoms. The zero-order chi connectivity index (χ0) is 20.7. The first-order valence-electron chi connectivity index (χ1n) is 9.49. The second-order valence-electron chi connectivity index (χ2n) is 7.41. The molecule has 0 aromatic heterocycles. The molecule has 1 aliphatic heterocycles. The van der Waals surface area contributed by atoms with Crippen LogP contribution >= 0.6 is 15.9 Å². The zero-order valence-corrected chi connectivity index (χ0v) is 17.2. The van der Waals surface area contributed by atoms with E-state index >= 15 is 0 Å². The molecule has 9 heteroatoms. The van der Waals surface area contributed by atoms with Crippen molar-refractivity contribution in [3.8, 4) is 0 Å². The summed E-state index contributed by atoms with van der Waals surface area (Å²) in [7, 11) is 0. The molecule has 0 spiro atoms. The van der Waals surface area contributed by atoms with Gasteiger partial charge in [-0.05, 0) is 43.5 Å². The fraction of sp³-hybridized carbons (Fsp3) is 0.500. The van der Waals surface area contributed by atoms with Gasteiger partial charge in [-0.2, -0.15) is 0 Å². The summed E-state index contributed by atoms with van der Waals surface area (Å²) in [6, 6.07) is 6.19. The topological polar surface area (TPSA) is 108 Å². The third kappa shape index (κ3) is 3.52. The fourth-order valence-corrected chi connectivity index (χ4v) is 5.67. The van der Waals surface area contributed by atoms with Crippen molar-refractivity contribution >= 4 is 45.4 Å². The maximum atomic E-state index is 12.6. The van der Waals surface area contributed by atoms with Crippen LogP contribution < -0.4 is 5.32 Å². The van der Waals surface area contributed by atoms with E-state index in [4.69, 9.17) is 14.2 Å². The second kappa shape index (κ2) is 7.78. The number of alkyl halides is 1. The maximum absolute atomic E-state index is 12.6. The molecule has 2 saturated carbocycles. The molecule has 1 amide bonds. The summed E-state index contributed by atoms with van der Waals surface area (Å²) in [6.45, 7) is 1.54. The summed E-state index contributed by atoms with van der Waals surface area (Å²) in [6.07, 6.45) is 0.581. The number of anilines is 1. The molecule has 1 saturated heterocycles. The number of benzene rings is 1. The normalized spacial score (nSPS) is 31.3. The molecule has 154 valence electrons. The first kappa shape index (κ1) is 19.9. The Hall–Kier alpha value is -2.42. The summed E-state index contributed by atoms with van der Waals surface area (Å²) >= 11 is 3.54. The third-order valence-electron chi connectivity index (χ3n) is 5.82. The Morgan fingerprint density at radius 1 is 1.17 bits per heavy atom. The number of esters is 3. The summed E-state index contributed by atoms with van der Waals surface area (Å²) in [5, 5.41) is 2.60. The number of amides is 1. The number of carbonyl (C=O) groups is 4. The summed E-state index contributed by atoms with van der Waals surface area (Å²) in [4.78, 5) is 48.4. The van der Waals surface area contributed by atoms with Crippen LogP contribution in [0.5, 0.6) is 0 Å². The monoisotopic (exact) mass is 465 g/mol. The van der Waals surface area contributed by atoms with Crippen molar-refractivity contribution in [1.29, 1.82) is 0 Å². The van der Waals surface area contributed by atoms with Crippen molar-refractivity contribution in [3.05, 3.63) is 29.8 Å². The first-order chi connectivity index (χ1) is 13.9. The van der Waals surface area contributed by atoms with E-state index in [-0.39, 0.29) is 35.3 Å². The molecule has 0 unspecified atom stereocenters. The third-order valence-corrected chi connectivity index (χ3v) is 7.02. The molecule has 1 heterocycles. The van der Waals surface area contributed by atoms with E-state index < -0.39 is 36.3 Å². The number of halogens is 1. The van der Waals surface area contributed by atoms with Gasteiger partial charge in [0, 0.05) is 11.6 Å². The number of hydrogen-bond acceptors (Lipinski definition) is 7. The molecule has 3 fully saturated rings. The fourth-order valence-electron chi connectivity index (χ4n) is 4.63. The van der Waals surface area contributed by atoms with Crippen LogP contribution in [0, 0.1) is 23.7 Å². The highest BCUT2D eigenvalue weighted by atomic mass is 79.9. The zero-order valence-electron chi connectivity index (χ0n) is 15.6. The number of carbonyl (C=O) groups excluding carboxylic acids is 4. The van der Waals surface area contributed by atoms with Gasteiger partial charge in [0.15, 0.2) is 6.61 Å². The van der Waals surface area contributed by atoms with Gasteiger partial charge < -0.3 is 19.5 Å². The molecule has 1 aromatic rings. The van der Waals surface area contributed by atoms with E-state index in [1.165, 1.54) is 12.1 Å². The van der Waals surface area contributed by atoms with E-state index in [0.717, 1.165) is 6.42 Å². The van der Waals surface area contributed by atoms with Gasteiger partial charge in [-0.1, -0.05) is 15.9 Å². The average Bonchev–Trinajstić information content (AvgIpc) is 3.31. The van der Waals surface area contributed by atoms with Gasteiger partial charge in [0.1, 0.15) is 6.10 Å². The van der Waals surface area contributed by atoms with Gasteiger partial charge in [-0.3, -0.25) is 14.4 Å². The average molecular weight is 466 g/mol. The van der Waals surface area contributed by atoms with E-state index in [1.54, 1.807) is 19.1 Å². The lowest BCUT2D eigenvalue weighted by Crippen LogP contribution is -2.39. The van der Waals surface area contributed by atoms with Gasteiger partial charge in [0.2, 0.25) is 0 Å². The van der Waals surface area contributed by atoms with Gasteiger partial charge in [-0.15, -0.1) is 0 Å². The quantitative estimate of drug-likeness (QED) is 0.388. The van der Waals surface area contributed by atoms with Crippen molar-refractivity contribution in [2.75, 3.05) is 18.5 Å². The molecule has 0 radical (unpaired) electrons. The molecular weight excluding hydrogens is 446 g/mol. The van der Waals surface area contributed by atoms with Gasteiger partial charge in [-0.25, -0.2) is 4.79 Å². The Labute approximate surface area is 175 Å². The molecule has 2 aliphatic carbocycles. The van der Waals surface area contributed by atoms with Crippen molar-refractivity contribution < 1.29 is 33.4 Å². The van der Waals surface area contributed by atoms with Crippen molar-refractivity contribution in [3.63, 3.8) is 0 Å². The lowest BCUT2D eigenvalue weighted by atomic mass is 9.80. The predicted octanol–water partition coefficient (Wildman–Crippen LogP) is 1.92. The lowest BCUT2D eigenvalue weighted by molar-refractivity contribution is -0.157. The van der Waals surface area contributed by atoms with Crippen LogP contribution in [0.2, 0.25) is 0 Å². The van der Waals surface area contributed by atoms with Crippen LogP contribution in [0.25, 0.3) is 0 Å². The molecule has 4 rings (SSSR count). The van der Waals surface area contributed by atoms with Crippen molar-refractivity contribution in [2.45, 2.75) is 24.3 Å². The molecular formula is C20H20BrNO7. The lowest BCUT2D eigenvalue weighted by Gasteiger charge is -2.26. The Kier molecular flexibility index (Phi) is 5.33. The standard InChI is InChI=1S/C20H20BrNO7/c1-2-27-18(24)9-3-5-10(6-4-9)22-13(23)8-28-19(25)14-11-7-12-15(14)20(26)29-17(12)16(11)21/h3-6,11-12,14-17H,2,7-8H2,1H3,(H,22,23)/t11-,12-,14-,15-,16-,17+/m1/s1. The minimum absolute atomic E-state index is 0.0209. The minimum atomic E-state index is -0.577. The van der Waals surface area contributed by atoms with Gasteiger partial charge >= 0.3 is 17.9 Å². The maximum Gasteiger partial charge on any atom is 0.338 e. The van der Waals surface area contributed by atoms with Gasteiger partial charge in [0.05, 0.1) is 28.8 Å². The number of nitrogens with one attached hydrogen (secondary N) is 1. The largest absolute Gasteiger partial charge is 0.462 e. The van der Waals surface area contributed by atoms with Crippen LogP contribution in [0.15, 0.2) is 24.3 Å². The highest BCUT2D eigenvalue weighted by Gasteiger charge is 2.68. The SMILES string of the molecule is CCOC(=O)c1ccc(NC(=O)COC(=O)[C@@H]2[C@H]3C[C@H]4[C@H](OC(=O)[C@H]42)[C@@H]3Br)cc1. The van der Waals surface area contributed by atoms with Crippen LogP contribution in [0.3, 0.4) is 0 Å². The van der Waals surface area contributed by atoms with Crippen LogP contribution in [-0.2, 0) is 28.6 Å². The van der Waals surface area contributed by atoms with E-state index in [0.29, 0.717) is 11.3 Å². The molecule has 6 atom stereocenters. The number of rotatable bonds is 6.